The van der Waals surface area contributed by atoms with Crippen molar-refractivity contribution in [2.45, 2.75) is 17.8 Å². The minimum Gasteiger partial charge on any atom is -0.279 e. The molecule has 8 heteroatoms. The number of thioether (sulfide) groups is 1. The second kappa shape index (κ2) is 7.17. The highest BCUT2D eigenvalue weighted by Gasteiger charge is 2.13. The molecule has 0 aliphatic carbocycles. The maximum absolute atomic E-state index is 13.0. The van der Waals surface area contributed by atoms with E-state index in [0.717, 1.165) is 11.1 Å². The van der Waals surface area contributed by atoms with Gasteiger partial charge in [-0.1, -0.05) is 41.6 Å². The summed E-state index contributed by atoms with van der Waals surface area (Å²) in [6, 6.07) is 11.7. The molecular formula is C19H14ClFN4OS. The number of nitrogens with zero attached hydrogens (tertiary/aromatic N) is 4. The molecule has 0 saturated carbocycles. The topological polar surface area (TPSA) is 52.2 Å². The van der Waals surface area contributed by atoms with E-state index >= 15 is 0 Å². The Labute approximate surface area is 163 Å². The van der Waals surface area contributed by atoms with E-state index in [9.17, 15) is 9.18 Å². The lowest BCUT2D eigenvalue weighted by Crippen LogP contribution is -2.21. The molecule has 5 nitrogen and oxygen atoms in total. The summed E-state index contributed by atoms with van der Waals surface area (Å²) in [5, 5.41) is 9.33. The lowest BCUT2D eigenvalue weighted by atomic mass is 10.2. The number of hydrogen-bond acceptors (Lipinski definition) is 4. The van der Waals surface area contributed by atoms with E-state index < -0.39 is 0 Å². The van der Waals surface area contributed by atoms with E-state index in [-0.39, 0.29) is 17.0 Å². The highest BCUT2D eigenvalue weighted by atomic mass is 35.5. The van der Waals surface area contributed by atoms with Crippen molar-refractivity contribution in [3.05, 3.63) is 87.2 Å². The molecule has 2 aromatic heterocycles. The van der Waals surface area contributed by atoms with Gasteiger partial charge in [0.05, 0.1) is 5.69 Å². The van der Waals surface area contributed by atoms with E-state index in [4.69, 9.17) is 11.6 Å². The molecule has 4 rings (SSSR count). The first-order chi connectivity index (χ1) is 13.0. The van der Waals surface area contributed by atoms with Crippen LogP contribution in [0.25, 0.3) is 11.3 Å². The van der Waals surface area contributed by atoms with Crippen molar-refractivity contribution >= 4 is 29.0 Å². The highest BCUT2D eigenvalue weighted by Crippen LogP contribution is 2.22. The second-order valence-corrected chi connectivity index (χ2v) is 7.37. The molecule has 136 valence electrons. The molecule has 0 amide bonds. The lowest BCUT2D eigenvalue weighted by molar-refractivity contribution is 0.627. The summed E-state index contributed by atoms with van der Waals surface area (Å²) in [6.07, 6.45) is 3.43. The zero-order chi connectivity index (χ0) is 19.0. The van der Waals surface area contributed by atoms with Gasteiger partial charge in [0.15, 0.2) is 5.16 Å². The summed E-state index contributed by atoms with van der Waals surface area (Å²) >= 11 is 7.50. The molecule has 2 aromatic carbocycles. The number of halogens is 2. The lowest BCUT2D eigenvalue weighted by Gasteiger charge is -2.10. The molecule has 0 aliphatic heterocycles. The SMILES string of the molecule is Cc1ccc(Cl)cc1-n1ccn2c(SCc3ccc(F)cc3)nnc2c1=O. The maximum Gasteiger partial charge on any atom is 0.300 e. The Hall–Kier alpha value is -2.64. The van der Waals surface area contributed by atoms with Crippen molar-refractivity contribution in [2.75, 3.05) is 0 Å². The van der Waals surface area contributed by atoms with Crippen LogP contribution in [0.15, 0.2) is 64.8 Å². The molecule has 0 unspecified atom stereocenters. The number of fused-ring (bicyclic) bond motifs is 1. The van der Waals surface area contributed by atoms with Gasteiger partial charge in [-0.2, -0.15) is 0 Å². The molecular weight excluding hydrogens is 387 g/mol. The third kappa shape index (κ3) is 3.48. The summed E-state index contributed by atoms with van der Waals surface area (Å²) in [4.78, 5) is 12.9. The summed E-state index contributed by atoms with van der Waals surface area (Å²) in [7, 11) is 0. The molecule has 27 heavy (non-hydrogen) atoms. The van der Waals surface area contributed by atoms with Gasteiger partial charge in [0, 0.05) is 23.2 Å². The number of hydrogen-bond donors (Lipinski definition) is 0. The maximum atomic E-state index is 13.0. The molecule has 0 radical (unpaired) electrons. The Morgan fingerprint density at radius 3 is 2.67 bits per heavy atom. The summed E-state index contributed by atoms with van der Waals surface area (Å²) < 4.78 is 16.2. The summed E-state index contributed by atoms with van der Waals surface area (Å²) in [6.45, 7) is 1.91. The molecule has 0 fully saturated rings. The number of benzene rings is 2. The molecule has 0 bridgehead atoms. The fourth-order valence-electron chi connectivity index (χ4n) is 2.72. The van der Waals surface area contributed by atoms with Crippen LogP contribution in [0.3, 0.4) is 0 Å². The smallest absolute Gasteiger partial charge is 0.279 e. The Kier molecular flexibility index (Phi) is 4.72. The fourth-order valence-corrected chi connectivity index (χ4v) is 3.76. The van der Waals surface area contributed by atoms with Crippen molar-refractivity contribution in [2.24, 2.45) is 0 Å². The van der Waals surface area contributed by atoms with Crippen LogP contribution in [0.1, 0.15) is 11.1 Å². The standard InChI is InChI=1S/C19H14ClFN4OS/c1-12-2-5-14(20)10-16(12)24-8-9-25-17(18(24)26)22-23-19(25)27-11-13-3-6-15(21)7-4-13/h2-10H,11H2,1H3. The van der Waals surface area contributed by atoms with E-state index in [1.54, 1.807) is 41.1 Å². The monoisotopic (exact) mass is 400 g/mol. The predicted molar refractivity (Wildman–Crippen MR) is 104 cm³/mol. The third-order valence-corrected chi connectivity index (χ3v) is 5.40. The average molecular weight is 401 g/mol. The zero-order valence-corrected chi connectivity index (χ0v) is 15.8. The van der Waals surface area contributed by atoms with Crippen molar-refractivity contribution in [3.63, 3.8) is 0 Å². The van der Waals surface area contributed by atoms with E-state index in [1.807, 2.05) is 13.0 Å². The fraction of sp³-hybridized carbons (Fsp3) is 0.105. The second-order valence-electron chi connectivity index (χ2n) is 6.00. The van der Waals surface area contributed by atoms with Gasteiger partial charge < -0.3 is 0 Å². The van der Waals surface area contributed by atoms with Crippen LogP contribution in [0, 0.1) is 12.7 Å². The van der Waals surface area contributed by atoms with Gasteiger partial charge in [-0.25, -0.2) is 4.39 Å². The van der Waals surface area contributed by atoms with Crippen LogP contribution in [0.5, 0.6) is 0 Å². The molecule has 0 spiro atoms. The average Bonchev–Trinajstić information content (AvgIpc) is 3.08. The van der Waals surface area contributed by atoms with Crippen molar-refractivity contribution < 1.29 is 4.39 Å². The van der Waals surface area contributed by atoms with Crippen LogP contribution >= 0.6 is 23.4 Å². The molecule has 0 N–H and O–H groups in total. The Balaban J connectivity index is 1.68. The van der Waals surface area contributed by atoms with Gasteiger partial charge in [-0.15, -0.1) is 10.2 Å². The number of aryl methyl sites for hydroxylation is 1. The summed E-state index contributed by atoms with van der Waals surface area (Å²) in [5.74, 6) is 0.325. The van der Waals surface area contributed by atoms with E-state index in [1.165, 1.54) is 28.5 Å². The van der Waals surface area contributed by atoms with Crippen LogP contribution in [0.2, 0.25) is 5.02 Å². The van der Waals surface area contributed by atoms with Crippen LogP contribution in [-0.2, 0) is 5.75 Å². The van der Waals surface area contributed by atoms with Crippen LogP contribution in [-0.4, -0.2) is 19.2 Å². The Morgan fingerprint density at radius 2 is 1.89 bits per heavy atom. The van der Waals surface area contributed by atoms with Gasteiger partial charge >= 0.3 is 5.56 Å². The first-order valence-corrected chi connectivity index (χ1v) is 9.49. The van der Waals surface area contributed by atoms with Crippen molar-refractivity contribution in [3.8, 4) is 5.69 Å². The van der Waals surface area contributed by atoms with E-state index in [0.29, 0.717) is 21.6 Å². The molecule has 0 saturated heterocycles. The van der Waals surface area contributed by atoms with E-state index in [2.05, 4.69) is 10.2 Å². The number of rotatable bonds is 4. The molecule has 2 heterocycles. The third-order valence-electron chi connectivity index (χ3n) is 4.15. The quantitative estimate of drug-likeness (QED) is 0.480. The Morgan fingerprint density at radius 1 is 1.11 bits per heavy atom. The van der Waals surface area contributed by atoms with Gasteiger partial charge in [-0.3, -0.25) is 13.8 Å². The minimum absolute atomic E-state index is 0.235. The Bertz CT molecular complexity index is 1190. The largest absolute Gasteiger partial charge is 0.300 e. The van der Waals surface area contributed by atoms with Crippen LogP contribution in [0.4, 0.5) is 4.39 Å². The first kappa shape index (κ1) is 17.8. The van der Waals surface area contributed by atoms with Crippen molar-refractivity contribution in [1.82, 2.24) is 19.2 Å². The highest BCUT2D eigenvalue weighted by molar-refractivity contribution is 7.98. The summed E-state index contributed by atoms with van der Waals surface area (Å²) in [5.41, 5.74) is 2.55. The van der Waals surface area contributed by atoms with Crippen LogP contribution < -0.4 is 5.56 Å². The molecule has 0 atom stereocenters. The first-order valence-electron chi connectivity index (χ1n) is 8.13. The number of aromatic nitrogens is 4. The van der Waals surface area contributed by atoms with Gasteiger partial charge in [-0.05, 0) is 42.3 Å². The molecule has 0 aliphatic rings. The normalized spacial score (nSPS) is 11.2. The predicted octanol–water partition coefficient (Wildman–Crippen LogP) is 4.27. The minimum atomic E-state index is -0.274. The zero-order valence-electron chi connectivity index (χ0n) is 14.3. The van der Waals surface area contributed by atoms with Crippen molar-refractivity contribution in [1.29, 1.82) is 0 Å². The van der Waals surface area contributed by atoms with Gasteiger partial charge in [0.1, 0.15) is 5.82 Å². The van der Waals surface area contributed by atoms with Gasteiger partial charge in [0.2, 0.25) is 5.65 Å². The molecule has 4 aromatic rings. The van der Waals surface area contributed by atoms with Gasteiger partial charge in [0.25, 0.3) is 0 Å².